The number of aromatic nitrogens is 2. The van der Waals surface area contributed by atoms with E-state index in [1.807, 2.05) is 18.2 Å². The van der Waals surface area contributed by atoms with Crippen molar-refractivity contribution in [1.29, 1.82) is 0 Å². The zero-order chi connectivity index (χ0) is 10.8. The number of benzene rings is 1. The highest BCUT2D eigenvalue weighted by Crippen LogP contribution is 2.21. The van der Waals surface area contributed by atoms with Gasteiger partial charge in [-0.1, -0.05) is 18.2 Å². The van der Waals surface area contributed by atoms with Gasteiger partial charge in [0.1, 0.15) is 0 Å². The molecule has 0 aliphatic carbocycles. The molecule has 1 aromatic heterocycles. The highest BCUT2D eigenvalue weighted by Gasteiger charge is 2.14. The molecule has 82 valence electrons. The van der Waals surface area contributed by atoms with Crippen molar-refractivity contribution < 1.29 is 0 Å². The number of anilines is 1. The van der Waals surface area contributed by atoms with Gasteiger partial charge in [0.2, 0.25) is 0 Å². The van der Waals surface area contributed by atoms with Gasteiger partial charge >= 0.3 is 0 Å². The van der Waals surface area contributed by atoms with E-state index < -0.39 is 0 Å². The molecule has 0 amide bonds. The lowest BCUT2D eigenvalue weighted by molar-refractivity contribution is 0.793. The first kappa shape index (κ1) is 9.54. The van der Waals surface area contributed by atoms with E-state index in [9.17, 15) is 0 Å². The van der Waals surface area contributed by atoms with E-state index in [1.54, 1.807) is 6.20 Å². The number of rotatable bonds is 2. The van der Waals surface area contributed by atoms with Crippen LogP contribution in [0.25, 0.3) is 10.9 Å². The second-order valence-electron chi connectivity index (χ2n) is 4.11. The molecule has 3 rings (SSSR count). The maximum Gasteiger partial charge on any atom is 0.0950 e. The molecule has 2 heterocycles. The molecule has 0 radical (unpaired) electrons. The zero-order valence-corrected chi connectivity index (χ0v) is 8.98. The Labute approximate surface area is 94.1 Å². The standard InChI is InChI=1S/C12H14N4/c1-2-4-11-10(3-1)12(8-14-16-11)15-9-5-6-13-7-9/h1-4,8-9,13H,5-7H2,(H,15,16). The van der Waals surface area contributed by atoms with E-state index in [1.165, 1.54) is 0 Å². The van der Waals surface area contributed by atoms with E-state index in [2.05, 4.69) is 26.9 Å². The molecule has 4 heteroatoms. The molecule has 1 fully saturated rings. The molecular formula is C12H14N4. The van der Waals surface area contributed by atoms with Gasteiger partial charge in [-0.3, -0.25) is 0 Å². The van der Waals surface area contributed by atoms with E-state index in [-0.39, 0.29) is 0 Å². The molecule has 2 aromatic rings. The maximum absolute atomic E-state index is 4.11. The van der Waals surface area contributed by atoms with Gasteiger partial charge in [-0.25, -0.2) is 0 Å². The molecule has 1 aliphatic rings. The number of hydrogen-bond acceptors (Lipinski definition) is 4. The van der Waals surface area contributed by atoms with Crippen LogP contribution in [0, 0.1) is 0 Å². The van der Waals surface area contributed by atoms with Crippen molar-refractivity contribution in [1.82, 2.24) is 15.5 Å². The summed E-state index contributed by atoms with van der Waals surface area (Å²) in [5, 5.41) is 16.1. The van der Waals surface area contributed by atoms with Crippen LogP contribution in [-0.4, -0.2) is 29.3 Å². The van der Waals surface area contributed by atoms with Crippen molar-refractivity contribution in [3.63, 3.8) is 0 Å². The average Bonchev–Trinajstić information content (AvgIpc) is 2.82. The third-order valence-electron chi connectivity index (χ3n) is 2.97. The van der Waals surface area contributed by atoms with Crippen molar-refractivity contribution >= 4 is 16.6 Å². The normalized spacial score (nSPS) is 20.1. The Hall–Kier alpha value is -1.68. The smallest absolute Gasteiger partial charge is 0.0950 e. The molecule has 4 nitrogen and oxygen atoms in total. The van der Waals surface area contributed by atoms with Crippen LogP contribution in [0.1, 0.15) is 6.42 Å². The van der Waals surface area contributed by atoms with Gasteiger partial charge < -0.3 is 10.6 Å². The molecule has 16 heavy (non-hydrogen) atoms. The number of fused-ring (bicyclic) bond motifs is 1. The maximum atomic E-state index is 4.11. The minimum absolute atomic E-state index is 0.507. The SMILES string of the molecule is c1ccc2c(NC3CCNC3)cnnc2c1. The fourth-order valence-corrected chi connectivity index (χ4v) is 2.12. The van der Waals surface area contributed by atoms with Crippen LogP contribution < -0.4 is 10.6 Å². The van der Waals surface area contributed by atoms with Gasteiger partial charge in [0.25, 0.3) is 0 Å². The van der Waals surface area contributed by atoms with E-state index >= 15 is 0 Å². The Balaban J connectivity index is 1.96. The van der Waals surface area contributed by atoms with E-state index in [4.69, 9.17) is 0 Å². The van der Waals surface area contributed by atoms with Gasteiger partial charge in [-0.15, -0.1) is 0 Å². The van der Waals surface area contributed by atoms with Crippen molar-refractivity contribution in [2.45, 2.75) is 12.5 Å². The van der Waals surface area contributed by atoms with Crippen LogP contribution in [-0.2, 0) is 0 Å². The molecule has 2 N–H and O–H groups in total. The summed E-state index contributed by atoms with van der Waals surface area (Å²) in [5.74, 6) is 0. The predicted molar refractivity (Wildman–Crippen MR) is 64.4 cm³/mol. The summed E-state index contributed by atoms with van der Waals surface area (Å²) in [7, 11) is 0. The van der Waals surface area contributed by atoms with Crippen LogP contribution in [0.2, 0.25) is 0 Å². The monoisotopic (exact) mass is 214 g/mol. The van der Waals surface area contributed by atoms with Gasteiger partial charge in [0, 0.05) is 18.0 Å². The summed E-state index contributed by atoms with van der Waals surface area (Å²) >= 11 is 0. The number of nitrogens with one attached hydrogen (secondary N) is 2. The molecule has 0 spiro atoms. The minimum Gasteiger partial charge on any atom is -0.379 e. The van der Waals surface area contributed by atoms with Gasteiger partial charge in [0.15, 0.2) is 0 Å². The summed E-state index contributed by atoms with van der Waals surface area (Å²) in [6, 6.07) is 8.59. The summed E-state index contributed by atoms with van der Waals surface area (Å²) in [6.07, 6.45) is 2.97. The summed E-state index contributed by atoms with van der Waals surface area (Å²) in [4.78, 5) is 0. The Morgan fingerprint density at radius 2 is 2.25 bits per heavy atom. The molecule has 1 aliphatic heterocycles. The van der Waals surface area contributed by atoms with Crippen molar-refractivity contribution in [2.24, 2.45) is 0 Å². The van der Waals surface area contributed by atoms with Crippen molar-refractivity contribution in [3.05, 3.63) is 30.5 Å². The molecule has 1 aromatic carbocycles. The average molecular weight is 214 g/mol. The second kappa shape index (κ2) is 4.06. The summed E-state index contributed by atoms with van der Waals surface area (Å²) < 4.78 is 0. The molecule has 1 atom stereocenters. The first-order valence-electron chi connectivity index (χ1n) is 5.61. The molecular weight excluding hydrogens is 200 g/mol. The Morgan fingerprint density at radius 1 is 1.31 bits per heavy atom. The number of nitrogens with zero attached hydrogens (tertiary/aromatic N) is 2. The largest absolute Gasteiger partial charge is 0.379 e. The van der Waals surface area contributed by atoms with E-state index in [0.29, 0.717) is 6.04 Å². The lowest BCUT2D eigenvalue weighted by Gasteiger charge is -2.13. The zero-order valence-electron chi connectivity index (χ0n) is 8.98. The van der Waals surface area contributed by atoms with Crippen LogP contribution in [0.15, 0.2) is 30.5 Å². The molecule has 1 saturated heterocycles. The van der Waals surface area contributed by atoms with Gasteiger partial charge in [-0.05, 0) is 19.0 Å². The summed E-state index contributed by atoms with van der Waals surface area (Å²) in [5.41, 5.74) is 2.03. The molecule has 1 unspecified atom stereocenters. The van der Waals surface area contributed by atoms with Crippen molar-refractivity contribution in [3.8, 4) is 0 Å². The van der Waals surface area contributed by atoms with Crippen LogP contribution in [0.4, 0.5) is 5.69 Å². The second-order valence-corrected chi connectivity index (χ2v) is 4.11. The fourth-order valence-electron chi connectivity index (χ4n) is 2.12. The Bertz CT molecular complexity index is 486. The van der Waals surface area contributed by atoms with Crippen LogP contribution in [0.3, 0.4) is 0 Å². The van der Waals surface area contributed by atoms with Crippen LogP contribution >= 0.6 is 0 Å². The molecule has 0 bridgehead atoms. The Kier molecular flexibility index (Phi) is 2.42. The highest BCUT2D eigenvalue weighted by atomic mass is 15.1. The van der Waals surface area contributed by atoms with Gasteiger partial charge in [0.05, 0.1) is 17.4 Å². The topological polar surface area (TPSA) is 49.8 Å². The lowest BCUT2D eigenvalue weighted by Crippen LogP contribution is -2.22. The first-order valence-corrected chi connectivity index (χ1v) is 5.61. The van der Waals surface area contributed by atoms with E-state index in [0.717, 1.165) is 36.1 Å². The first-order chi connectivity index (χ1) is 7.93. The fraction of sp³-hybridized carbons (Fsp3) is 0.333. The predicted octanol–water partition coefficient (Wildman–Crippen LogP) is 1.40. The number of hydrogen-bond donors (Lipinski definition) is 2. The molecule has 0 saturated carbocycles. The third-order valence-corrected chi connectivity index (χ3v) is 2.97. The minimum atomic E-state index is 0.507. The van der Waals surface area contributed by atoms with Gasteiger partial charge in [-0.2, -0.15) is 10.2 Å². The van der Waals surface area contributed by atoms with Crippen LogP contribution in [0.5, 0.6) is 0 Å². The summed E-state index contributed by atoms with van der Waals surface area (Å²) in [6.45, 7) is 2.12. The Morgan fingerprint density at radius 3 is 3.12 bits per heavy atom. The lowest BCUT2D eigenvalue weighted by atomic mass is 10.2. The van der Waals surface area contributed by atoms with Crippen molar-refractivity contribution in [2.75, 3.05) is 18.4 Å². The quantitative estimate of drug-likeness (QED) is 0.793. The highest BCUT2D eigenvalue weighted by molar-refractivity contribution is 5.90. The third kappa shape index (κ3) is 1.72.